The fraction of sp³-hybridized carbons (Fsp3) is 0.500. The Morgan fingerprint density at radius 1 is 1.47 bits per heavy atom. The van der Waals surface area contributed by atoms with Gasteiger partial charge in [-0.15, -0.1) is 0 Å². The Hall–Kier alpha value is -1.06. The molecule has 1 rings (SSSR count). The van der Waals surface area contributed by atoms with Crippen LogP contribution >= 0.6 is 0 Å². The van der Waals surface area contributed by atoms with E-state index in [1.54, 1.807) is 7.11 Å². The predicted octanol–water partition coefficient (Wildman–Crippen LogP) is 2.09. The Balaban J connectivity index is 2.19. The summed E-state index contributed by atoms with van der Waals surface area (Å²) in [6.45, 7) is 4.54. The largest absolute Gasteiger partial charge is 0.462 e. The molecule has 1 aromatic heterocycles. The lowest BCUT2D eigenvalue weighted by Gasteiger charge is -1.98. The molecule has 3 heteroatoms. The van der Waals surface area contributed by atoms with Gasteiger partial charge in [-0.05, 0) is 18.2 Å². The van der Waals surface area contributed by atoms with E-state index in [0.29, 0.717) is 0 Å². The molecule has 0 saturated heterocycles. The van der Waals surface area contributed by atoms with E-state index in [0.717, 1.165) is 37.6 Å². The summed E-state index contributed by atoms with van der Waals surface area (Å²) >= 11 is 0. The average molecular weight is 209 g/mol. The number of furan rings is 1. The molecule has 0 aliphatic carbocycles. The van der Waals surface area contributed by atoms with E-state index in [1.807, 2.05) is 24.3 Å². The maximum absolute atomic E-state index is 5.52. The lowest BCUT2D eigenvalue weighted by atomic mass is 10.3. The maximum Gasteiger partial charge on any atom is 0.126 e. The minimum Gasteiger partial charge on any atom is -0.462 e. The topological polar surface area (TPSA) is 34.4 Å². The first kappa shape index (κ1) is 12.0. The quantitative estimate of drug-likeness (QED) is 0.698. The molecule has 0 spiro atoms. The van der Waals surface area contributed by atoms with E-state index in [9.17, 15) is 0 Å². The van der Waals surface area contributed by atoms with E-state index < -0.39 is 0 Å². The molecule has 84 valence electrons. The number of hydrogen-bond donors (Lipinski definition) is 1. The number of methoxy groups -OCH3 is 1. The molecule has 1 aromatic rings. The van der Waals surface area contributed by atoms with Crippen LogP contribution in [-0.4, -0.2) is 26.8 Å². The molecule has 0 saturated carbocycles. The first-order valence-electron chi connectivity index (χ1n) is 5.31. The number of aryl methyl sites for hydroxylation is 1. The van der Waals surface area contributed by atoms with Crippen molar-refractivity contribution in [1.29, 1.82) is 0 Å². The summed E-state index contributed by atoms with van der Waals surface area (Å²) in [6, 6.07) is 4.00. The fourth-order valence-corrected chi connectivity index (χ4v) is 1.21. The summed E-state index contributed by atoms with van der Waals surface area (Å²) in [6.07, 6.45) is 4.98. The van der Waals surface area contributed by atoms with Crippen LogP contribution in [0.25, 0.3) is 6.08 Å². The molecular weight excluding hydrogens is 190 g/mol. The van der Waals surface area contributed by atoms with Crippen LogP contribution in [0.15, 0.2) is 22.6 Å². The molecule has 0 bridgehead atoms. The molecule has 0 atom stereocenters. The van der Waals surface area contributed by atoms with Gasteiger partial charge in [0.2, 0.25) is 0 Å². The monoisotopic (exact) mass is 209 g/mol. The second-order valence-corrected chi connectivity index (χ2v) is 3.26. The molecular formula is C12H19NO2. The van der Waals surface area contributed by atoms with Crippen LogP contribution in [0.5, 0.6) is 0 Å². The molecule has 0 radical (unpaired) electrons. The van der Waals surface area contributed by atoms with Crippen LogP contribution in [0.1, 0.15) is 18.4 Å². The molecule has 0 amide bonds. The summed E-state index contributed by atoms with van der Waals surface area (Å²) in [4.78, 5) is 0. The molecule has 1 N–H and O–H groups in total. The van der Waals surface area contributed by atoms with Crippen LogP contribution in [0, 0.1) is 0 Å². The molecule has 0 aromatic carbocycles. The van der Waals surface area contributed by atoms with Crippen LogP contribution < -0.4 is 5.32 Å². The van der Waals surface area contributed by atoms with Crippen molar-refractivity contribution in [3.05, 3.63) is 29.7 Å². The van der Waals surface area contributed by atoms with Crippen molar-refractivity contribution in [3.63, 3.8) is 0 Å². The minimum atomic E-state index is 0.745. The zero-order valence-corrected chi connectivity index (χ0v) is 9.45. The van der Waals surface area contributed by atoms with Crippen LogP contribution in [0.4, 0.5) is 0 Å². The van der Waals surface area contributed by atoms with Gasteiger partial charge in [-0.3, -0.25) is 0 Å². The Labute approximate surface area is 91.1 Å². The third-order valence-corrected chi connectivity index (χ3v) is 2.06. The smallest absolute Gasteiger partial charge is 0.126 e. The van der Waals surface area contributed by atoms with Gasteiger partial charge in [-0.2, -0.15) is 0 Å². The van der Waals surface area contributed by atoms with Gasteiger partial charge in [0.25, 0.3) is 0 Å². The third kappa shape index (κ3) is 4.81. The van der Waals surface area contributed by atoms with E-state index in [-0.39, 0.29) is 0 Å². The Bertz CT molecular complexity index is 292. The Morgan fingerprint density at radius 2 is 2.33 bits per heavy atom. The minimum absolute atomic E-state index is 0.745. The van der Waals surface area contributed by atoms with Gasteiger partial charge in [0.05, 0.1) is 6.61 Å². The van der Waals surface area contributed by atoms with E-state index in [1.165, 1.54) is 0 Å². The lowest BCUT2D eigenvalue weighted by Crippen LogP contribution is -2.18. The van der Waals surface area contributed by atoms with Gasteiger partial charge in [-0.25, -0.2) is 0 Å². The average Bonchev–Trinajstić information content (AvgIpc) is 2.71. The number of rotatable bonds is 7. The van der Waals surface area contributed by atoms with Gasteiger partial charge >= 0.3 is 0 Å². The highest BCUT2D eigenvalue weighted by molar-refractivity contribution is 5.43. The van der Waals surface area contributed by atoms with Gasteiger partial charge in [0.1, 0.15) is 11.5 Å². The molecule has 0 aliphatic rings. The molecule has 3 nitrogen and oxygen atoms in total. The highest BCUT2D eigenvalue weighted by atomic mass is 16.5. The van der Waals surface area contributed by atoms with E-state index in [4.69, 9.17) is 9.15 Å². The fourth-order valence-electron chi connectivity index (χ4n) is 1.21. The van der Waals surface area contributed by atoms with Crippen LogP contribution in [-0.2, 0) is 11.2 Å². The molecule has 1 heterocycles. The van der Waals surface area contributed by atoms with Gasteiger partial charge in [-0.1, -0.05) is 13.0 Å². The van der Waals surface area contributed by atoms with Crippen LogP contribution in [0.3, 0.4) is 0 Å². The lowest BCUT2D eigenvalue weighted by molar-refractivity contribution is 0.200. The maximum atomic E-state index is 5.52. The molecule has 0 fully saturated rings. The Kier molecular flexibility index (Phi) is 5.81. The molecule has 15 heavy (non-hydrogen) atoms. The highest BCUT2D eigenvalue weighted by Gasteiger charge is 1.94. The van der Waals surface area contributed by atoms with Crippen molar-refractivity contribution < 1.29 is 9.15 Å². The van der Waals surface area contributed by atoms with Crippen molar-refractivity contribution in [2.75, 3.05) is 26.8 Å². The van der Waals surface area contributed by atoms with E-state index >= 15 is 0 Å². The predicted molar refractivity (Wildman–Crippen MR) is 61.9 cm³/mol. The number of hydrogen-bond acceptors (Lipinski definition) is 3. The van der Waals surface area contributed by atoms with Crippen LogP contribution in [0.2, 0.25) is 0 Å². The summed E-state index contributed by atoms with van der Waals surface area (Å²) in [7, 11) is 1.70. The molecule has 0 unspecified atom stereocenters. The summed E-state index contributed by atoms with van der Waals surface area (Å²) < 4.78 is 10.4. The van der Waals surface area contributed by atoms with Gasteiger partial charge < -0.3 is 14.5 Å². The van der Waals surface area contributed by atoms with Crippen molar-refractivity contribution in [2.45, 2.75) is 13.3 Å². The van der Waals surface area contributed by atoms with Gasteiger partial charge in [0, 0.05) is 26.6 Å². The molecule has 0 aliphatic heterocycles. The number of ether oxygens (including phenoxy) is 1. The van der Waals surface area contributed by atoms with Crippen molar-refractivity contribution >= 4 is 6.08 Å². The second-order valence-electron chi connectivity index (χ2n) is 3.26. The summed E-state index contributed by atoms with van der Waals surface area (Å²) in [5, 5.41) is 3.22. The zero-order valence-electron chi connectivity index (χ0n) is 9.45. The first-order valence-corrected chi connectivity index (χ1v) is 5.31. The van der Waals surface area contributed by atoms with Crippen molar-refractivity contribution in [1.82, 2.24) is 5.32 Å². The number of nitrogens with one attached hydrogen (secondary N) is 1. The third-order valence-electron chi connectivity index (χ3n) is 2.06. The Morgan fingerprint density at radius 3 is 3.00 bits per heavy atom. The van der Waals surface area contributed by atoms with E-state index in [2.05, 4.69) is 12.2 Å². The first-order chi connectivity index (χ1) is 7.36. The van der Waals surface area contributed by atoms with Crippen molar-refractivity contribution in [2.24, 2.45) is 0 Å². The highest BCUT2D eigenvalue weighted by Crippen LogP contribution is 2.09. The second kappa shape index (κ2) is 7.26. The summed E-state index contributed by atoms with van der Waals surface area (Å²) in [5.41, 5.74) is 0. The summed E-state index contributed by atoms with van der Waals surface area (Å²) in [5.74, 6) is 1.95. The van der Waals surface area contributed by atoms with Gasteiger partial charge in [0.15, 0.2) is 0 Å². The van der Waals surface area contributed by atoms with Crippen molar-refractivity contribution in [3.8, 4) is 0 Å². The normalized spacial score (nSPS) is 11.3. The SMILES string of the molecule is CCc1ccc(C=CCNCCOC)o1. The standard InChI is InChI=1S/C12H19NO2/c1-3-11-6-7-12(15-11)5-4-8-13-9-10-14-2/h4-7,13H,3,8-10H2,1-2H3. The zero-order chi connectivity index (χ0) is 10.9.